The lowest BCUT2D eigenvalue weighted by Gasteiger charge is -2.36. The molecule has 1 aliphatic rings. The Hall–Kier alpha value is -4.08. The minimum atomic E-state index is -0.805. The Kier molecular flexibility index (Phi) is 9.29. The number of nitrogens with zero attached hydrogens (tertiary/aromatic N) is 6. The number of pyridine rings is 1. The number of aromatic amines is 1. The molecule has 42 heavy (non-hydrogen) atoms. The van der Waals surface area contributed by atoms with Gasteiger partial charge in [0.15, 0.2) is 0 Å². The number of aryl methyl sites for hydroxylation is 1. The Bertz CT molecular complexity index is 1520. The standard InChI is InChI=1S/C32H41N7O3/c1-4-5-11-24-20-39(29-25(21(2)3)12-7-6-8-15-28(29)31(40)41)32(42)38(24)19-23-17-16-22(18-33-23)26-13-9-10-14-27(26)30-34-36-37-35-30/h9-10,13-14,16-18,20-21,25,28-29H,4-8,11-12,15,19H2,1-3H3,(H,40,41)(H,34,35,36,37). The van der Waals surface area contributed by atoms with Gasteiger partial charge in [0.05, 0.1) is 24.2 Å². The molecule has 0 amide bonds. The molecule has 0 saturated heterocycles. The molecule has 3 unspecified atom stereocenters. The maximum absolute atomic E-state index is 14.1. The molecule has 222 valence electrons. The molecule has 1 aromatic carbocycles. The molecule has 1 aliphatic carbocycles. The Balaban J connectivity index is 1.50. The third-order valence-electron chi connectivity index (χ3n) is 8.74. The van der Waals surface area contributed by atoms with Crippen molar-refractivity contribution in [3.63, 3.8) is 0 Å². The van der Waals surface area contributed by atoms with Crippen molar-refractivity contribution in [2.24, 2.45) is 17.8 Å². The van der Waals surface area contributed by atoms with Gasteiger partial charge >= 0.3 is 11.7 Å². The highest BCUT2D eigenvalue weighted by Crippen LogP contribution is 2.40. The summed E-state index contributed by atoms with van der Waals surface area (Å²) < 4.78 is 3.58. The second-order valence-corrected chi connectivity index (χ2v) is 11.8. The highest BCUT2D eigenvalue weighted by molar-refractivity contribution is 5.79. The van der Waals surface area contributed by atoms with Crippen LogP contribution in [0.15, 0.2) is 53.6 Å². The lowest BCUT2D eigenvalue weighted by molar-refractivity contribution is -0.145. The first kappa shape index (κ1) is 29.4. The van der Waals surface area contributed by atoms with Crippen molar-refractivity contribution < 1.29 is 9.90 Å². The van der Waals surface area contributed by atoms with Gasteiger partial charge in [-0.15, -0.1) is 10.2 Å². The van der Waals surface area contributed by atoms with Gasteiger partial charge in [-0.3, -0.25) is 18.9 Å². The third-order valence-corrected chi connectivity index (χ3v) is 8.74. The molecule has 1 saturated carbocycles. The van der Waals surface area contributed by atoms with Crippen LogP contribution in [0.4, 0.5) is 0 Å². The summed E-state index contributed by atoms with van der Waals surface area (Å²) in [6.07, 6.45) is 11.0. The van der Waals surface area contributed by atoms with Crippen LogP contribution >= 0.6 is 0 Å². The van der Waals surface area contributed by atoms with Gasteiger partial charge in [-0.2, -0.15) is 5.21 Å². The van der Waals surface area contributed by atoms with Crippen LogP contribution in [0, 0.1) is 17.8 Å². The molecule has 10 heteroatoms. The van der Waals surface area contributed by atoms with Gasteiger partial charge < -0.3 is 5.11 Å². The van der Waals surface area contributed by atoms with Gasteiger partial charge in [0.1, 0.15) is 0 Å². The van der Waals surface area contributed by atoms with Crippen molar-refractivity contribution >= 4 is 5.97 Å². The topological polar surface area (TPSA) is 132 Å². The van der Waals surface area contributed by atoms with E-state index in [0.717, 1.165) is 73.0 Å². The second-order valence-electron chi connectivity index (χ2n) is 11.8. The van der Waals surface area contributed by atoms with Crippen molar-refractivity contribution in [3.8, 4) is 22.5 Å². The summed E-state index contributed by atoms with van der Waals surface area (Å²) in [6, 6.07) is 11.4. The number of aliphatic carboxylic acids is 1. The molecule has 0 radical (unpaired) electrons. The number of imidazole rings is 1. The number of unbranched alkanes of at least 4 members (excludes halogenated alkanes) is 1. The molecule has 2 N–H and O–H groups in total. The first-order chi connectivity index (χ1) is 20.4. The first-order valence-corrected chi connectivity index (χ1v) is 15.2. The zero-order valence-corrected chi connectivity index (χ0v) is 24.7. The van der Waals surface area contributed by atoms with Crippen LogP contribution < -0.4 is 5.69 Å². The number of hydrogen-bond donors (Lipinski definition) is 2. The van der Waals surface area contributed by atoms with E-state index in [-0.39, 0.29) is 23.6 Å². The monoisotopic (exact) mass is 571 g/mol. The molecule has 3 heterocycles. The van der Waals surface area contributed by atoms with E-state index in [2.05, 4.69) is 41.4 Å². The fourth-order valence-corrected chi connectivity index (χ4v) is 6.49. The fraction of sp³-hybridized carbons (Fsp3) is 0.500. The number of carboxylic acid groups (broad SMARTS) is 1. The number of H-pyrrole nitrogens is 1. The van der Waals surface area contributed by atoms with Crippen LogP contribution in [0.3, 0.4) is 0 Å². The number of carbonyl (C=O) groups is 1. The van der Waals surface area contributed by atoms with E-state index in [1.165, 1.54) is 0 Å². The van der Waals surface area contributed by atoms with E-state index < -0.39 is 11.9 Å². The van der Waals surface area contributed by atoms with E-state index in [0.29, 0.717) is 18.8 Å². The Morgan fingerprint density at radius 2 is 1.88 bits per heavy atom. The van der Waals surface area contributed by atoms with Crippen LogP contribution in [0.1, 0.15) is 83.1 Å². The number of carboxylic acids is 1. The fourth-order valence-electron chi connectivity index (χ4n) is 6.49. The molecule has 0 spiro atoms. The normalized spacial score (nSPS) is 19.5. The zero-order chi connectivity index (χ0) is 29.6. The van der Waals surface area contributed by atoms with E-state index in [1.807, 2.05) is 48.8 Å². The minimum Gasteiger partial charge on any atom is -0.481 e. The Labute approximate surface area is 246 Å². The van der Waals surface area contributed by atoms with Crippen LogP contribution in [-0.2, 0) is 17.8 Å². The molecule has 1 fully saturated rings. The van der Waals surface area contributed by atoms with Gasteiger partial charge in [0.25, 0.3) is 0 Å². The number of nitrogens with one attached hydrogen (secondary N) is 1. The SMILES string of the molecule is CCCCc1cn(C2C(C(=O)O)CCCCCC2C(C)C)c(=O)n1Cc1ccc(-c2ccccc2-c2nn[nH]n2)cn1. The van der Waals surface area contributed by atoms with Gasteiger partial charge in [-0.25, -0.2) is 4.79 Å². The quantitative estimate of drug-likeness (QED) is 0.247. The maximum atomic E-state index is 14.1. The van der Waals surface area contributed by atoms with Gasteiger partial charge in [0, 0.05) is 29.2 Å². The Morgan fingerprint density at radius 1 is 1.10 bits per heavy atom. The highest BCUT2D eigenvalue weighted by Gasteiger charge is 2.39. The summed E-state index contributed by atoms with van der Waals surface area (Å²) in [5, 5.41) is 24.7. The van der Waals surface area contributed by atoms with E-state index in [4.69, 9.17) is 4.98 Å². The molecule has 3 aromatic heterocycles. The molecule has 3 atom stereocenters. The molecule has 10 nitrogen and oxygen atoms in total. The number of rotatable bonds is 10. The number of aromatic nitrogens is 7. The number of benzene rings is 1. The summed E-state index contributed by atoms with van der Waals surface area (Å²) in [5.41, 5.74) is 4.26. The third kappa shape index (κ3) is 6.22. The predicted molar refractivity (Wildman–Crippen MR) is 161 cm³/mol. The maximum Gasteiger partial charge on any atom is 0.328 e. The van der Waals surface area contributed by atoms with Crippen LogP contribution in [0.5, 0.6) is 0 Å². The Morgan fingerprint density at radius 3 is 2.55 bits per heavy atom. The van der Waals surface area contributed by atoms with Crippen LogP contribution in [-0.4, -0.2) is 45.8 Å². The highest BCUT2D eigenvalue weighted by atomic mass is 16.4. The van der Waals surface area contributed by atoms with E-state index >= 15 is 0 Å². The van der Waals surface area contributed by atoms with Crippen molar-refractivity contribution in [2.45, 2.75) is 84.7 Å². The second kappa shape index (κ2) is 13.3. The van der Waals surface area contributed by atoms with Gasteiger partial charge in [0.2, 0.25) is 5.82 Å². The average molecular weight is 572 g/mol. The molecule has 0 bridgehead atoms. The molecular formula is C32H41N7O3. The lowest BCUT2D eigenvalue weighted by Crippen LogP contribution is -2.40. The van der Waals surface area contributed by atoms with Crippen molar-refractivity contribution in [1.82, 2.24) is 34.7 Å². The van der Waals surface area contributed by atoms with E-state index in [9.17, 15) is 14.7 Å². The van der Waals surface area contributed by atoms with Crippen molar-refractivity contribution in [2.75, 3.05) is 0 Å². The smallest absolute Gasteiger partial charge is 0.328 e. The van der Waals surface area contributed by atoms with Gasteiger partial charge in [-0.05, 0) is 54.4 Å². The molecule has 0 aliphatic heterocycles. The molecule has 5 rings (SSSR count). The summed E-state index contributed by atoms with van der Waals surface area (Å²) in [6.45, 7) is 6.77. The largest absolute Gasteiger partial charge is 0.481 e. The summed E-state index contributed by atoms with van der Waals surface area (Å²) in [4.78, 5) is 31.4. The number of hydrogen-bond acceptors (Lipinski definition) is 6. The predicted octanol–water partition coefficient (Wildman–Crippen LogP) is 5.76. The summed E-state index contributed by atoms with van der Waals surface area (Å²) >= 11 is 0. The van der Waals surface area contributed by atoms with Crippen LogP contribution in [0.2, 0.25) is 0 Å². The van der Waals surface area contributed by atoms with Crippen molar-refractivity contribution in [3.05, 3.63) is 70.7 Å². The van der Waals surface area contributed by atoms with Crippen LogP contribution in [0.25, 0.3) is 22.5 Å². The summed E-state index contributed by atoms with van der Waals surface area (Å²) in [5.74, 6) is -0.483. The lowest BCUT2D eigenvalue weighted by atomic mass is 9.74. The minimum absolute atomic E-state index is 0.121. The van der Waals surface area contributed by atoms with Crippen molar-refractivity contribution in [1.29, 1.82) is 0 Å². The van der Waals surface area contributed by atoms with Gasteiger partial charge in [-0.1, -0.05) is 76.8 Å². The van der Waals surface area contributed by atoms with E-state index in [1.54, 1.807) is 9.13 Å². The molecular weight excluding hydrogens is 530 g/mol. The first-order valence-electron chi connectivity index (χ1n) is 15.2. The average Bonchev–Trinajstić information content (AvgIpc) is 3.61. The number of tetrazole rings is 1. The zero-order valence-electron chi connectivity index (χ0n) is 24.7. The molecule has 4 aromatic rings. The summed E-state index contributed by atoms with van der Waals surface area (Å²) in [7, 11) is 0.